The van der Waals surface area contributed by atoms with Gasteiger partial charge in [0, 0.05) is 34.0 Å². The van der Waals surface area contributed by atoms with E-state index in [1.165, 1.54) is 16.0 Å². The average Bonchev–Trinajstić information content (AvgIpc) is 2.93. The number of aryl methyl sites for hydroxylation is 2. The Morgan fingerprint density at radius 1 is 1.02 bits per heavy atom. The van der Waals surface area contributed by atoms with Crippen molar-refractivity contribution in [3.63, 3.8) is 0 Å². The molecule has 2 N–H and O–H groups in total. The van der Waals surface area contributed by atoms with E-state index in [-0.39, 0.29) is 11.2 Å². The highest BCUT2D eigenvalue weighted by atomic mass is 32.2. The molecule has 1 heterocycles. The lowest BCUT2D eigenvalue weighted by Gasteiger charge is -2.44. The topological polar surface area (TPSA) is 79.3 Å². The van der Waals surface area contributed by atoms with Crippen LogP contribution in [0.25, 0.3) is 0 Å². The Bertz CT molecular complexity index is 1610. The number of benzene rings is 3. The molecule has 0 saturated heterocycles. The molecule has 0 fully saturated rings. The second-order valence-electron chi connectivity index (χ2n) is 11.9. The number of thioether (sulfide) groups is 1. The first-order chi connectivity index (χ1) is 19.5. The normalized spacial score (nSPS) is 18.3. The Morgan fingerprint density at radius 2 is 1.71 bits per heavy atom. The molecular formula is C35H37N3O2S. The fourth-order valence-electron chi connectivity index (χ4n) is 6.06. The number of Topliss-reactive ketones (excluding diaryl/α,β-unsaturated/α-hetero) is 1. The van der Waals surface area contributed by atoms with Crippen LogP contribution in [0.3, 0.4) is 0 Å². The van der Waals surface area contributed by atoms with Crippen LogP contribution in [-0.4, -0.2) is 12.9 Å². The third-order valence-corrected chi connectivity index (χ3v) is 9.20. The number of carbonyl (C=O) groups excluding carboxylic acids is 1. The smallest absolute Gasteiger partial charge is 0.162 e. The van der Waals surface area contributed by atoms with E-state index in [1.54, 1.807) is 18.9 Å². The van der Waals surface area contributed by atoms with Gasteiger partial charge in [-0.05, 0) is 85.7 Å². The molecule has 2 aliphatic rings. The first kappa shape index (κ1) is 28.6. The number of hydrogen-bond donors (Lipinski definition) is 1. The number of hydrogen-bond acceptors (Lipinski definition) is 6. The summed E-state index contributed by atoms with van der Waals surface area (Å²) in [6.07, 6.45) is 1.11. The Balaban J connectivity index is 1.65. The van der Waals surface area contributed by atoms with Gasteiger partial charge in [-0.2, -0.15) is 5.26 Å². The monoisotopic (exact) mass is 563 g/mol. The Kier molecular flexibility index (Phi) is 7.76. The molecule has 0 saturated carbocycles. The van der Waals surface area contributed by atoms with Gasteiger partial charge in [-0.25, -0.2) is 0 Å². The average molecular weight is 564 g/mol. The predicted molar refractivity (Wildman–Crippen MR) is 167 cm³/mol. The maximum atomic E-state index is 14.0. The fraction of sp³-hybridized carbons (Fsp3) is 0.314. The minimum absolute atomic E-state index is 0.0801. The molecule has 1 atom stereocenters. The molecule has 6 heteroatoms. The van der Waals surface area contributed by atoms with Crippen LogP contribution in [0.2, 0.25) is 0 Å². The Hall–Kier alpha value is -3.95. The van der Waals surface area contributed by atoms with Gasteiger partial charge in [0.1, 0.15) is 11.6 Å². The maximum Gasteiger partial charge on any atom is 0.162 e. The van der Waals surface area contributed by atoms with Gasteiger partial charge < -0.3 is 10.5 Å². The molecule has 0 spiro atoms. The summed E-state index contributed by atoms with van der Waals surface area (Å²) >= 11 is 1.79. The van der Waals surface area contributed by atoms with Crippen LogP contribution < -0.4 is 15.4 Å². The molecule has 5 nitrogen and oxygen atoms in total. The van der Waals surface area contributed by atoms with Gasteiger partial charge >= 0.3 is 0 Å². The van der Waals surface area contributed by atoms with Crippen molar-refractivity contribution < 1.29 is 9.53 Å². The summed E-state index contributed by atoms with van der Waals surface area (Å²) in [4.78, 5) is 17.1. The molecule has 0 aromatic heterocycles. The number of nitrogens with two attached hydrogens (primary N) is 1. The lowest BCUT2D eigenvalue weighted by atomic mass is 9.68. The summed E-state index contributed by atoms with van der Waals surface area (Å²) in [5, 5.41) is 10.6. The van der Waals surface area contributed by atoms with Gasteiger partial charge in [-0.15, -0.1) is 11.8 Å². The number of methoxy groups -OCH3 is 1. The highest BCUT2D eigenvalue weighted by Gasteiger charge is 2.45. The maximum absolute atomic E-state index is 14.0. The van der Waals surface area contributed by atoms with Gasteiger partial charge in [-0.1, -0.05) is 49.2 Å². The van der Waals surface area contributed by atoms with E-state index < -0.39 is 5.92 Å². The summed E-state index contributed by atoms with van der Waals surface area (Å²) in [5.74, 6) is 1.48. The predicted octanol–water partition coefficient (Wildman–Crippen LogP) is 7.85. The largest absolute Gasteiger partial charge is 0.497 e. The quantitative estimate of drug-likeness (QED) is 0.308. The third-order valence-electron chi connectivity index (χ3n) is 8.14. The standard InChI is InChI=1S/C35H37N3O2S/c1-21-7-13-27(14-8-21)41-20-24-15-22(2)16-28(23(24)3)32-29(19-36)34(37)38(25-9-11-26(40-6)12-10-25)30-17-35(4,5)18-31(39)33(30)32/h7-16,32H,17-18,20,37H2,1-6H3. The van der Waals surface area contributed by atoms with Crippen molar-refractivity contribution in [2.24, 2.45) is 11.1 Å². The van der Waals surface area contributed by atoms with Crippen LogP contribution in [0, 0.1) is 37.5 Å². The number of ketones is 1. The van der Waals surface area contributed by atoms with E-state index in [0.717, 1.165) is 39.6 Å². The minimum Gasteiger partial charge on any atom is -0.497 e. The second kappa shape index (κ2) is 11.1. The molecular weight excluding hydrogens is 526 g/mol. The SMILES string of the molecule is COc1ccc(N2C(N)=C(C#N)C(c3cc(C)cc(CSc4ccc(C)cc4)c3C)C3=C2CC(C)(C)CC3=O)cc1. The minimum atomic E-state index is -0.504. The third kappa shape index (κ3) is 5.52. The van der Waals surface area contributed by atoms with Crippen LogP contribution >= 0.6 is 11.8 Å². The van der Waals surface area contributed by atoms with Crippen LogP contribution in [0.4, 0.5) is 5.69 Å². The number of allylic oxidation sites excluding steroid dienone is 3. The Morgan fingerprint density at radius 3 is 2.34 bits per heavy atom. The molecule has 1 aliphatic carbocycles. The van der Waals surface area contributed by atoms with E-state index in [0.29, 0.717) is 29.8 Å². The van der Waals surface area contributed by atoms with Crippen LogP contribution in [-0.2, 0) is 10.5 Å². The van der Waals surface area contributed by atoms with Crippen LogP contribution in [0.15, 0.2) is 88.2 Å². The first-order valence-corrected chi connectivity index (χ1v) is 14.9. The summed E-state index contributed by atoms with van der Waals surface area (Å²) in [6, 6.07) is 22.9. The van der Waals surface area contributed by atoms with Crippen LogP contribution in [0.5, 0.6) is 5.75 Å². The molecule has 3 aromatic rings. The van der Waals surface area contributed by atoms with Crippen molar-refractivity contribution in [1.82, 2.24) is 0 Å². The zero-order valence-corrected chi connectivity index (χ0v) is 25.5. The van der Waals surface area contributed by atoms with Crippen molar-refractivity contribution in [1.29, 1.82) is 5.26 Å². The molecule has 1 unspecified atom stereocenters. The number of anilines is 1. The zero-order chi connectivity index (χ0) is 29.5. The second-order valence-corrected chi connectivity index (χ2v) is 13.0. The van der Waals surface area contributed by atoms with Crippen molar-refractivity contribution in [2.45, 2.75) is 64.0 Å². The number of nitriles is 1. The van der Waals surface area contributed by atoms with Gasteiger partial charge in [0.25, 0.3) is 0 Å². The van der Waals surface area contributed by atoms with E-state index in [9.17, 15) is 10.1 Å². The number of ether oxygens (including phenoxy) is 1. The van der Waals surface area contributed by atoms with Gasteiger partial charge in [0.15, 0.2) is 5.78 Å². The van der Waals surface area contributed by atoms with Crippen LogP contribution in [0.1, 0.15) is 60.4 Å². The molecule has 0 amide bonds. The molecule has 0 radical (unpaired) electrons. The van der Waals surface area contributed by atoms with E-state index >= 15 is 0 Å². The zero-order valence-electron chi connectivity index (χ0n) is 24.7. The molecule has 5 rings (SSSR count). The van der Waals surface area contributed by atoms with Gasteiger partial charge in [0.2, 0.25) is 0 Å². The van der Waals surface area contributed by atoms with Gasteiger partial charge in [-0.3, -0.25) is 9.69 Å². The summed E-state index contributed by atoms with van der Waals surface area (Å²) in [5.41, 5.74) is 15.1. The number of nitrogens with zero attached hydrogens (tertiary/aromatic N) is 2. The summed E-state index contributed by atoms with van der Waals surface area (Å²) < 4.78 is 5.36. The van der Waals surface area contributed by atoms with Crippen molar-refractivity contribution in [3.05, 3.63) is 111 Å². The van der Waals surface area contributed by atoms with E-state index in [2.05, 4.69) is 77.1 Å². The number of carbonyl (C=O) groups is 1. The highest BCUT2D eigenvalue weighted by Crippen LogP contribution is 2.51. The molecule has 210 valence electrons. The Labute approximate surface area is 247 Å². The van der Waals surface area contributed by atoms with Crippen molar-refractivity contribution >= 4 is 23.2 Å². The van der Waals surface area contributed by atoms with Crippen molar-refractivity contribution in [2.75, 3.05) is 12.0 Å². The molecule has 41 heavy (non-hydrogen) atoms. The fourth-order valence-corrected chi connectivity index (χ4v) is 7.01. The molecule has 3 aromatic carbocycles. The lowest BCUT2D eigenvalue weighted by Crippen LogP contribution is -2.42. The highest BCUT2D eigenvalue weighted by molar-refractivity contribution is 7.98. The molecule has 0 bridgehead atoms. The van der Waals surface area contributed by atoms with Crippen molar-refractivity contribution in [3.8, 4) is 11.8 Å². The summed E-state index contributed by atoms with van der Waals surface area (Å²) in [6.45, 7) is 10.5. The van der Waals surface area contributed by atoms with E-state index in [4.69, 9.17) is 10.5 Å². The summed E-state index contributed by atoms with van der Waals surface area (Å²) in [7, 11) is 1.63. The molecule has 1 aliphatic heterocycles. The lowest BCUT2D eigenvalue weighted by molar-refractivity contribution is -0.118. The number of rotatable bonds is 6. The first-order valence-electron chi connectivity index (χ1n) is 13.9. The van der Waals surface area contributed by atoms with Gasteiger partial charge in [0.05, 0.1) is 24.7 Å². The van der Waals surface area contributed by atoms with E-state index in [1.807, 2.05) is 29.2 Å².